The molecule has 0 bridgehead atoms. The van der Waals surface area contributed by atoms with Crippen LogP contribution in [-0.2, 0) is 6.54 Å². The molecule has 0 atom stereocenters. The number of aryl methyl sites for hydroxylation is 1. The van der Waals surface area contributed by atoms with Crippen molar-refractivity contribution in [1.82, 2.24) is 5.32 Å². The van der Waals surface area contributed by atoms with Gasteiger partial charge in [-0.3, -0.25) is 0 Å². The third-order valence-electron chi connectivity index (χ3n) is 2.25. The summed E-state index contributed by atoms with van der Waals surface area (Å²) in [6.07, 6.45) is 7.09. The predicted octanol–water partition coefficient (Wildman–Crippen LogP) is 2.50. The number of hydrogen-bond donors (Lipinski definition) is 1. The molecular formula is C13H17N. The Morgan fingerprint density at radius 1 is 1.36 bits per heavy atom. The molecule has 14 heavy (non-hydrogen) atoms. The van der Waals surface area contributed by atoms with Gasteiger partial charge in [0.25, 0.3) is 0 Å². The molecule has 0 aliphatic carbocycles. The molecule has 1 rings (SSSR count). The second kappa shape index (κ2) is 6.23. The first-order chi connectivity index (χ1) is 6.84. The van der Waals surface area contributed by atoms with Gasteiger partial charge in [0.05, 0.1) is 0 Å². The van der Waals surface area contributed by atoms with Gasteiger partial charge in [-0.2, -0.15) is 0 Å². The second-order valence-corrected chi connectivity index (χ2v) is 3.41. The van der Waals surface area contributed by atoms with Crippen molar-refractivity contribution in [2.45, 2.75) is 26.3 Å². The number of terminal acetylenes is 1. The molecule has 0 aliphatic rings. The number of nitrogens with one attached hydrogen (secondary N) is 1. The molecule has 0 heterocycles. The second-order valence-electron chi connectivity index (χ2n) is 3.41. The Balaban J connectivity index is 2.25. The molecule has 0 radical (unpaired) electrons. The summed E-state index contributed by atoms with van der Waals surface area (Å²) in [6, 6.07) is 8.44. The monoisotopic (exact) mass is 187 g/mol. The fourth-order valence-corrected chi connectivity index (χ4v) is 1.35. The van der Waals surface area contributed by atoms with Gasteiger partial charge in [-0.1, -0.05) is 24.3 Å². The highest BCUT2D eigenvalue weighted by Gasteiger charge is 1.94. The van der Waals surface area contributed by atoms with E-state index in [0.717, 1.165) is 25.9 Å². The normalized spacial score (nSPS) is 9.71. The molecule has 0 saturated carbocycles. The lowest BCUT2D eigenvalue weighted by Gasteiger charge is -2.06. The van der Waals surface area contributed by atoms with E-state index < -0.39 is 0 Å². The molecule has 0 aliphatic heterocycles. The first-order valence-electron chi connectivity index (χ1n) is 5.03. The topological polar surface area (TPSA) is 12.0 Å². The highest BCUT2D eigenvalue weighted by molar-refractivity contribution is 5.25. The number of unbranched alkanes of at least 4 members (excludes halogenated alkanes) is 1. The maximum Gasteiger partial charge on any atom is 0.0208 e. The Morgan fingerprint density at radius 3 is 2.86 bits per heavy atom. The van der Waals surface area contributed by atoms with Crippen LogP contribution in [0.4, 0.5) is 0 Å². The van der Waals surface area contributed by atoms with E-state index in [2.05, 4.69) is 42.4 Å². The molecule has 0 aromatic heterocycles. The standard InChI is InChI=1S/C13H17N/c1-3-4-7-10-14-11-13-9-6-5-8-12(13)2/h1,5-6,8-9,14H,4,7,10-11H2,2H3. The molecule has 0 fully saturated rings. The van der Waals surface area contributed by atoms with Crippen molar-refractivity contribution in [3.63, 3.8) is 0 Å². The van der Waals surface area contributed by atoms with Gasteiger partial charge in [0.15, 0.2) is 0 Å². The van der Waals surface area contributed by atoms with Gasteiger partial charge in [0.1, 0.15) is 0 Å². The maximum absolute atomic E-state index is 5.17. The minimum Gasteiger partial charge on any atom is -0.313 e. The largest absolute Gasteiger partial charge is 0.313 e. The molecule has 0 unspecified atom stereocenters. The highest BCUT2D eigenvalue weighted by Crippen LogP contribution is 2.05. The van der Waals surface area contributed by atoms with Crippen LogP contribution in [0.15, 0.2) is 24.3 Å². The van der Waals surface area contributed by atoms with Gasteiger partial charge in [-0.15, -0.1) is 12.3 Å². The van der Waals surface area contributed by atoms with Crippen LogP contribution in [0.1, 0.15) is 24.0 Å². The summed E-state index contributed by atoms with van der Waals surface area (Å²) in [5.41, 5.74) is 2.71. The van der Waals surface area contributed by atoms with E-state index in [1.165, 1.54) is 11.1 Å². The van der Waals surface area contributed by atoms with Gasteiger partial charge >= 0.3 is 0 Å². The van der Waals surface area contributed by atoms with E-state index in [4.69, 9.17) is 6.42 Å². The van der Waals surface area contributed by atoms with Gasteiger partial charge in [-0.05, 0) is 31.0 Å². The molecule has 1 aromatic rings. The molecule has 74 valence electrons. The van der Waals surface area contributed by atoms with Crippen LogP contribution in [0.3, 0.4) is 0 Å². The summed E-state index contributed by atoms with van der Waals surface area (Å²) >= 11 is 0. The molecule has 0 saturated heterocycles. The van der Waals surface area contributed by atoms with Gasteiger partial charge in [0, 0.05) is 13.0 Å². The van der Waals surface area contributed by atoms with Crippen LogP contribution < -0.4 is 5.32 Å². The van der Waals surface area contributed by atoms with Crippen molar-refractivity contribution in [2.75, 3.05) is 6.54 Å². The number of hydrogen-bond acceptors (Lipinski definition) is 1. The van der Waals surface area contributed by atoms with Crippen LogP contribution in [0, 0.1) is 19.3 Å². The summed E-state index contributed by atoms with van der Waals surface area (Å²) in [5, 5.41) is 3.38. The van der Waals surface area contributed by atoms with E-state index in [9.17, 15) is 0 Å². The predicted molar refractivity (Wildman–Crippen MR) is 61.0 cm³/mol. The lowest BCUT2D eigenvalue weighted by molar-refractivity contribution is 0.657. The first kappa shape index (κ1) is 10.8. The maximum atomic E-state index is 5.17. The Bertz CT molecular complexity index is 309. The van der Waals surface area contributed by atoms with Crippen molar-refractivity contribution in [2.24, 2.45) is 0 Å². The summed E-state index contributed by atoms with van der Waals surface area (Å²) in [7, 11) is 0. The molecule has 1 aromatic carbocycles. The smallest absolute Gasteiger partial charge is 0.0208 e. The Labute approximate surface area is 86.5 Å². The van der Waals surface area contributed by atoms with Crippen LogP contribution >= 0.6 is 0 Å². The summed E-state index contributed by atoms with van der Waals surface area (Å²) in [6.45, 7) is 4.08. The van der Waals surface area contributed by atoms with Crippen molar-refractivity contribution in [3.05, 3.63) is 35.4 Å². The quantitative estimate of drug-likeness (QED) is 0.551. The lowest BCUT2D eigenvalue weighted by Crippen LogP contribution is -2.15. The van der Waals surface area contributed by atoms with E-state index in [1.807, 2.05) is 0 Å². The molecular weight excluding hydrogens is 170 g/mol. The number of benzene rings is 1. The average molecular weight is 187 g/mol. The van der Waals surface area contributed by atoms with Gasteiger partial charge in [0.2, 0.25) is 0 Å². The fraction of sp³-hybridized carbons (Fsp3) is 0.385. The molecule has 0 spiro atoms. The summed E-state index contributed by atoms with van der Waals surface area (Å²) in [4.78, 5) is 0. The zero-order valence-corrected chi connectivity index (χ0v) is 8.72. The van der Waals surface area contributed by atoms with Gasteiger partial charge < -0.3 is 5.32 Å². The van der Waals surface area contributed by atoms with Crippen molar-refractivity contribution in [1.29, 1.82) is 0 Å². The van der Waals surface area contributed by atoms with E-state index >= 15 is 0 Å². The molecule has 1 nitrogen and oxygen atoms in total. The zero-order chi connectivity index (χ0) is 10.2. The average Bonchev–Trinajstić information content (AvgIpc) is 2.20. The zero-order valence-electron chi connectivity index (χ0n) is 8.72. The molecule has 1 N–H and O–H groups in total. The van der Waals surface area contributed by atoms with Gasteiger partial charge in [-0.25, -0.2) is 0 Å². The van der Waals surface area contributed by atoms with E-state index in [1.54, 1.807) is 0 Å². The number of rotatable bonds is 5. The van der Waals surface area contributed by atoms with Crippen LogP contribution in [0.25, 0.3) is 0 Å². The molecule has 0 amide bonds. The minimum absolute atomic E-state index is 0.862. The van der Waals surface area contributed by atoms with E-state index in [-0.39, 0.29) is 0 Å². The third-order valence-corrected chi connectivity index (χ3v) is 2.25. The van der Waals surface area contributed by atoms with Crippen LogP contribution in [-0.4, -0.2) is 6.54 Å². The van der Waals surface area contributed by atoms with Crippen LogP contribution in [0.5, 0.6) is 0 Å². The fourth-order valence-electron chi connectivity index (χ4n) is 1.35. The Morgan fingerprint density at radius 2 is 2.14 bits per heavy atom. The molecule has 1 heteroatoms. The Hall–Kier alpha value is -1.26. The van der Waals surface area contributed by atoms with Crippen molar-refractivity contribution in [3.8, 4) is 12.3 Å². The van der Waals surface area contributed by atoms with Crippen molar-refractivity contribution < 1.29 is 0 Å². The van der Waals surface area contributed by atoms with Crippen LogP contribution in [0.2, 0.25) is 0 Å². The Kier molecular flexibility index (Phi) is 4.82. The highest BCUT2D eigenvalue weighted by atomic mass is 14.8. The third kappa shape index (κ3) is 3.64. The van der Waals surface area contributed by atoms with Crippen molar-refractivity contribution >= 4 is 0 Å². The SMILES string of the molecule is C#CCCCNCc1ccccc1C. The summed E-state index contributed by atoms with van der Waals surface area (Å²) in [5.74, 6) is 2.64. The van der Waals surface area contributed by atoms with E-state index in [0.29, 0.717) is 0 Å². The first-order valence-corrected chi connectivity index (χ1v) is 5.03. The minimum atomic E-state index is 0.862. The summed E-state index contributed by atoms with van der Waals surface area (Å²) < 4.78 is 0. The lowest BCUT2D eigenvalue weighted by atomic mass is 10.1.